The average molecular weight is 238 g/mol. The maximum absolute atomic E-state index is 13.6. The lowest BCUT2D eigenvalue weighted by Crippen LogP contribution is -2.43. The first-order valence-electron chi connectivity index (χ1n) is 4.68. The van der Waals surface area contributed by atoms with E-state index in [0.29, 0.717) is 0 Å². The van der Waals surface area contributed by atoms with Gasteiger partial charge < -0.3 is 20.9 Å². The third kappa shape index (κ3) is 4.11. The Morgan fingerprint density at radius 3 is 2.62 bits per heavy atom. The summed E-state index contributed by atoms with van der Waals surface area (Å²) in [6.07, 6.45) is -1.50. The summed E-state index contributed by atoms with van der Waals surface area (Å²) in [7, 11) is 0. The molecule has 1 unspecified atom stereocenters. The zero-order chi connectivity index (χ0) is 12.8. The van der Waals surface area contributed by atoms with Crippen LogP contribution in [-0.2, 0) is 9.53 Å². The molecule has 0 saturated carbocycles. The number of carbonyl (C=O) groups is 1. The van der Waals surface area contributed by atoms with Crippen molar-refractivity contribution in [2.75, 3.05) is 13.3 Å². The number of carbonyl (C=O) groups excluding carboxylic acids is 1. The minimum absolute atomic E-state index is 0.00910. The summed E-state index contributed by atoms with van der Waals surface area (Å²) in [5.41, 5.74) is 4.13. The zero-order valence-corrected chi connectivity index (χ0v) is 9.00. The van der Waals surface area contributed by atoms with Crippen molar-refractivity contribution in [1.82, 2.24) is 5.32 Å². The molecule has 1 atom stereocenters. The highest BCUT2D eigenvalue weighted by Gasteiger charge is 2.42. The molecule has 5 nitrogen and oxygen atoms in total. The van der Waals surface area contributed by atoms with E-state index in [1.807, 2.05) is 0 Å². The Morgan fingerprint density at radius 2 is 2.25 bits per heavy atom. The Hall–Kier alpha value is -1.21. The van der Waals surface area contributed by atoms with Gasteiger partial charge in [0.15, 0.2) is 0 Å². The van der Waals surface area contributed by atoms with Crippen molar-refractivity contribution in [2.24, 2.45) is 5.73 Å². The van der Waals surface area contributed by atoms with E-state index in [9.17, 15) is 13.6 Å². The lowest BCUT2D eigenvalue weighted by Gasteiger charge is -2.27. The second-order valence-electron chi connectivity index (χ2n) is 3.11. The van der Waals surface area contributed by atoms with Crippen LogP contribution in [-0.4, -0.2) is 36.4 Å². The van der Waals surface area contributed by atoms with Crippen molar-refractivity contribution in [2.45, 2.75) is 25.4 Å². The van der Waals surface area contributed by atoms with Crippen molar-refractivity contribution >= 4 is 5.91 Å². The number of rotatable bonds is 8. The van der Waals surface area contributed by atoms with Crippen molar-refractivity contribution < 1.29 is 23.4 Å². The van der Waals surface area contributed by atoms with Crippen LogP contribution in [0.5, 0.6) is 0 Å². The van der Waals surface area contributed by atoms with Gasteiger partial charge in [0, 0.05) is 0 Å². The Kier molecular flexibility index (Phi) is 5.91. The smallest absolute Gasteiger partial charge is 0.312 e. The van der Waals surface area contributed by atoms with Crippen LogP contribution < -0.4 is 11.1 Å². The second-order valence-corrected chi connectivity index (χ2v) is 3.11. The van der Waals surface area contributed by atoms with Crippen LogP contribution in [0, 0.1) is 0 Å². The minimum Gasteiger partial charge on any atom is -0.375 e. The lowest BCUT2D eigenvalue weighted by atomic mass is 10.1. The zero-order valence-electron chi connectivity index (χ0n) is 9.00. The van der Waals surface area contributed by atoms with E-state index in [1.165, 1.54) is 6.92 Å². The molecular weight excluding hydrogens is 222 g/mol. The molecule has 1 amide bonds. The molecule has 0 radical (unpaired) electrons. The quantitative estimate of drug-likeness (QED) is 0.518. The molecule has 7 heteroatoms. The number of primary amides is 1. The van der Waals surface area contributed by atoms with Gasteiger partial charge in [0.2, 0.25) is 5.91 Å². The molecule has 0 aliphatic rings. The van der Waals surface area contributed by atoms with Crippen molar-refractivity contribution in [1.29, 1.82) is 0 Å². The predicted molar refractivity (Wildman–Crippen MR) is 53.5 cm³/mol. The molecule has 0 spiro atoms. The highest BCUT2D eigenvalue weighted by Crippen LogP contribution is 2.29. The van der Waals surface area contributed by atoms with E-state index in [4.69, 9.17) is 10.8 Å². The first-order chi connectivity index (χ1) is 7.36. The highest BCUT2D eigenvalue weighted by molar-refractivity contribution is 5.76. The molecule has 4 N–H and O–H groups in total. The van der Waals surface area contributed by atoms with Crippen LogP contribution in [0.1, 0.15) is 13.3 Å². The molecule has 0 heterocycles. The van der Waals surface area contributed by atoms with Gasteiger partial charge in [-0.15, -0.1) is 0 Å². The Balaban J connectivity index is 4.48. The van der Waals surface area contributed by atoms with Gasteiger partial charge in [-0.25, -0.2) is 0 Å². The normalized spacial score (nSPS) is 13.2. The van der Waals surface area contributed by atoms with Crippen molar-refractivity contribution in [3.63, 3.8) is 0 Å². The van der Waals surface area contributed by atoms with Crippen molar-refractivity contribution in [3.8, 4) is 0 Å². The third-order valence-electron chi connectivity index (χ3n) is 1.93. The molecule has 0 aromatic rings. The topological polar surface area (TPSA) is 84.6 Å². The van der Waals surface area contributed by atoms with E-state index in [-0.39, 0.29) is 6.42 Å². The number of nitrogens with two attached hydrogens (primary N) is 1. The number of halogens is 2. The van der Waals surface area contributed by atoms with Crippen molar-refractivity contribution in [3.05, 3.63) is 12.3 Å². The van der Waals surface area contributed by atoms with Crippen LogP contribution in [0.4, 0.5) is 8.78 Å². The summed E-state index contributed by atoms with van der Waals surface area (Å²) in [5.74, 6) is -4.15. The van der Waals surface area contributed by atoms with E-state index >= 15 is 0 Å². The van der Waals surface area contributed by atoms with Crippen LogP contribution in [0.2, 0.25) is 0 Å². The first-order valence-corrected chi connectivity index (χ1v) is 4.68. The highest BCUT2D eigenvalue weighted by atomic mass is 19.3. The fourth-order valence-electron chi connectivity index (χ4n) is 1.07. The van der Waals surface area contributed by atoms with Gasteiger partial charge in [-0.05, 0) is 6.42 Å². The summed E-state index contributed by atoms with van der Waals surface area (Å²) in [6.45, 7) is 3.37. The van der Waals surface area contributed by atoms with Crippen LogP contribution in [0.15, 0.2) is 12.3 Å². The number of aliphatic hydroxyl groups is 1. The summed E-state index contributed by atoms with van der Waals surface area (Å²) in [5, 5.41) is 10.6. The number of amides is 1. The molecule has 94 valence electrons. The van der Waals surface area contributed by atoms with Gasteiger partial charge in [0.25, 0.3) is 0 Å². The van der Waals surface area contributed by atoms with E-state index in [2.05, 4.69) is 16.6 Å². The average Bonchev–Trinajstić information content (AvgIpc) is 2.21. The largest absolute Gasteiger partial charge is 0.375 e. The first kappa shape index (κ1) is 14.8. The van der Waals surface area contributed by atoms with Gasteiger partial charge in [-0.2, -0.15) is 8.78 Å². The van der Waals surface area contributed by atoms with Crippen LogP contribution in [0.3, 0.4) is 0 Å². The minimum atomic E-state index is -3.38. The molecule has 0 aliphatic carbocycles. The van der Waals surface area contributed by atoms with Gasteiger partial charge >= 0.3 is 5.92 Å². The Bertz CT molecular complexity index is 259. The molecule has 16 heavy (non-hydrogen) atoms. The summed E-state index contributed by atoms with van der Waals surface area (Å²) < 4.78 is 31.6. The second kappa shape index (κ2) is 6.39. The van der Waals surface area contributed by atoms with Gasteiger partial charge in [0.1, 0.15) is 12.9 Å². The lowest BCUT2D eigenvalue weighted by molar-refractivity contribution is -0.153. The number of hydrogen-bond donors (Lipinski definition) is 3. The van der Waals surface area contributed by atoms with E-state index < -0.39 is 37.0 Å². The monoisotopic (exact) mass is 238 g/mol. The van der Waals surface area contributed by atoms with Crippen LogP contribution >= 0.6 is 0 Å². The summed E-state index contributed by atoms with van der Waals surface area (Å²) >= 11 is 0. The molecule has 0 aromatic heterocycles. The van der Waals surface area contributed by atoms with E-state index in [0.717, 1.165) is 0 Å². The molecular formula is C9H16F2N2O3. The molecule has 0 saturated heterocycles. The fraction of sp³-hybridized carbons (Fsp3) is 0.667. The van der Waals surface area contributed by atoms with Gasteiger partial charge in [0.05, 0.1) is 12.2 Å². The fourth-order valence-corrected chi connectivity index (χ4v) is 1.07. The Labute approximate surface area is 92.3 Å². The molecule has 0 bridgehead atoms. The molecule has 0 aliphatic heterocycles. The van der Waals surface area contributed by atoms with Gasteiger partial charge in [-0.3, -0.25) is 4.79 Å². The maximum atomic E-state index is 13.6. The number of ether oxygens (including phenoxy) is 1. The molecule has 0 aromatic carbocycles. The summed E-state index contributed by atoms with van der Waals surface area (Å²) in [4.78, 5) is 10.4. The number of aliphatic hydroxyl groups excluding tert-OH is 1. The number of nitrogens with one attached hydrogen (secondary N) is 1. The number of hydrogen-bond acceptors (Lipinski definition) is 4. The SMILES string of the molecule is C=C(NCC(N)=O)C(F)(F)C(CC)OCO. The van der Waals surface area contributed by atoms with Gasteiger partial charge in [-0.1, -0.05) is 13.5 Å². The predicted octanol–water partition coefficient (Wildman–Crippen LogP) is -0.0447. The Morgan fingerprint density at radius 1 is 1.69 bits per heavy atom. The molecule has 0 fully saturated rings. The standard InChI is InChI=1S/C9H16F2N2O3/c1-3-7(16-5-14)9(10,11)6(2)13-4-8(12)15/h7,13-14H,2-5H2,1H3,(H2,12,15). The maximum Gasteiger partial charge on any atom is 0.312 e. The van der Waals surface area contributed by atoms with E-state index in [1.54, 1.807) is 0 Å². The van der Waals surface area contributed by atoms with Crippen LogP contribution in [0.25, 0.3) is 0 Å². The summed E-state index contributed by atoms with van der Waals surface area (Å²) in [6, 6.07) is 0. The number of alkyl halides is 2. The third-order valence-corrected chi connectivity index (χ3v) is 1.93. The molecule has 0 rings (SSSR count).